The molecule has 0 spiro atoms. The summed E-state index contributed by atoms with van der Waals surface area (Å²) in [6.07, 6.45) is 8.90. The summed E-state index contributed by atoms with van der Waals surface area (Å²) in [7, 11) is 0. The molecule has 0 radical (unpaired) electrons. The highest BCUT2D eigenvalue weighted by Gasteiger charge is 2.18. The van der Waals surface area contributed by atoms with E-state index in [1.165, 1.54) is 12.1 Å². The van der Waals surface area contributed by atoms with Crippen molar-refractivity contribution in [3.63, 3.8) is 0 Å². The second kappa shape index (κ2) is 6.45. The molecule has 0 aromatic carbocycles. The van der Waals surface area contributed by atoms with Crippen LogP contribution in [0.4, 0.5) is 0 Å². The molecule has 0 aromatic rings. The van der Waals surface area contributed by atoms with E-state index in [0.717, 1.165) is 19.3 Å². The fourth-order valence-corrected chi connectivity index (χ4v) is 2.30. The number of aliphatic imine (C=N–C) groups is 1. The van der Waals surface area contributed by atoms with E-state index >= 15 is 0 Å². The molecule has 0 fully saturated rings. The molecule has 0 saturated heterocycles. The Labute approximate surface area is 104 Å². The number of rotatable bonds is 5. The minimum Gasteiger partial charge on any atom is -0.264 e. The van der Waals surface area contributed by atoms with Gasteiger partial charge in [-0.1, -0.05) is 31.4 Å². The molecule has 0 aliphatic carbocycles. The van der Waals surface area contributed by atoms with Gasteiger partial charge < -0.3 is 0 Å². The standard InChI is InChI=1S/C13H24N2S/c1-5-8-12(15-16-13(2,3)4)11-9-6-7-10-14-11/h9-10,12,15H,5-8H2,1-4H3. The van der Waals surface area contributed by atoms with E-state index < -0.39 is 0 Å². The minimum atomic E-state index is 0.255. The van der Waals surface area contributed by atoms with Crippen molar-refractivity contribution in [2.75, 3.05) is 0 Å². The zero-order valence-electron chi connectivity index (χ0n) is 10.9. The molecule has 1 aliphatic rings. The van der Waals surface area contributed by atoms with E-state index in [0.29, 0.717) is 6.04 Å². The van der Waals surface area contributed by atoms with Crippen molar-refractivity contribution >= 4 is 18.2 Å². The Kier molecular flexibility index (Phi) is 5.56. The van der Waals surface area contributed by atoms with Crippen molar-refractivity contribution in [2.24, 2.45) is 4.99 Å². The second-order valence-corrected chi connectivity index (χ2v) is 6.86. The summed E-state index contributed by atoms with van der Waals surface area (Å²) in [4.78, 5) is 4.51. The maximum Gasteiger partial charge on any atom is 0.0590 e. The van der Waals surface area contributed by atoms with Crippen LogP contribution in [0, 0.1) is 0 Å². The number of nitrogens with zero attached hydrogens (tertiary/aromatic N) is 1. The van der Waals surface area contributed by atoms with E-state index in [1.54, 1.807) is 0 Å². The van der Waals surface area contributed by atoms with E-state index in [-0.39, 0.29) is 4.75 Å². The number of nitrogens with one attached hydrogen (secondary N) is 1. The molecule has 1 unspecified atom stereocenters. The summed E-state index contributed by atoms with van der Waals surface area (Å²) in [6.45, 7) is 8.91. The Morgan fingerprint density at radius 2 is 2.19 bits per heavy atom. The van der Waals surface area contributed by atoms with Crippen LogP contribution >= 0.6 is 11.9 Å². The predicted molar refractivity (Wildman–Crippen MR) is 75.0 cm³/mol. The molecule has 1 rings (SSSR count). The van der Waals surface area contributed by atoms with Gasteiger partial charge in [0.05, 0.1) is 11.7 Å². The van der Waals surface area contributed by atoms with Crippen LogP contribution in [-0.2, 0) is 0 Å². The molecule has 1 atom stereocenters. The first kappa shape index (κ1) is 13.8. The molecular formula is C13H24N2S. The first-order valence-corrected chi connectivity index (χ1v) is 7.00. The summed E-state index contributed by atoms with van der Waals surface area (Å²) < 4.78 is 3.82. The topological polar surface area (TPSA) is 24.4 Å². The van der Waals surface area contributed by atoms with Gasteiger partial charge in [-0.05, 0) is 40.0 Å². The third-order valence-corrected chi connectivity index (χ3v) is 3.35. The van der Waals surface area contributed by atoms with Gasteiger partial charge in [0.1, 0.15) is 0 Å². The molecule has 3 heteroatoms. The van der Waals surface area contributed by atoms with Crippen LogP contribution < -0.4 is 4.72 Å². The maximum atomic E-state index is 4.51. The van der Waals surface area contributed by atoms with Crippen LogP contribution in [0.15, 0.2) is 16.8 Å². The fraction of sp³-hybridized carbons (Fsp3) is 0.769. The molecular weight excluding hydrogens is 216 g/mol. The molecule has 0 bridgehead atoms. The van der Waals surface area contributed by atoms with Gasteiger partial charge in [-0.2, -0.15) is 0 Å². The number of hydrogen-bond acceptors (Lipinski definition) is 3. The normalized spacial score (nSPS) is 18.4. The van der Waals surface area contributed by atoms with Crippen LogP contribution in [0.3, 0.4) is 0 Å². The van der Waals surface area contributed by atoms with Crippen molar-refractivity contribution in [3.05, 3.63) is 11.8 Å². The van der Waals surface area contributed by atoms with Gasteiger partial charge in [0.15, 0.2) is 0 Å². The van der Waals surface area contributed by atoms with Crippen LogP contribution in [0.2, 0.25) is 0 Å². The molecule has 16 heavy (non-hydrogen) atoms. The van der Waals surface area contributed by atoms with E-state index in [9.17, 15) is 0 Å². The molecule has 92 valence electrons. The van der Waals surface area contributed by atoms with Gasteiger partial charge in [-0.15, -0.1) is 0 Å². The Balaban J connectivity index is 2.53. The van der Waals surface area contributed by atoms with Crippen LogP contribution in [0.25, 0.3) is 0 Å². The van der Waals surface area contributed by atoms with Crippen LogP contribution in [0.5, 0.6) is 0 Å². The Bertz CT molecular complexity index is 264. The highest BCUT2D eigenvalue weighted by atomic mass is 32.2. The van der Waals surface area contributed by atoms with Crippen molar-refractivity contribution in [1.29, 1.82) is 0 Å². The molecule has 0 saturated carbocycles. The molecule has 2 nitrogen and oxygen atoms in total. The van der Waals surface area contributed by atoms with Gasteiger partial charge in [0.25, 0.3) is 0 Å². The lowest BCUT2D eigenvalue weighted by Gasteiger charge is -2.25. The van der Waals surface area contributed by atoms with Crippen LogP contribution in [0.1, 0.15) is 53.4 Å². The summed E-state index contributed by atoms with van der Waals surface area (Å²) in [6, 6.07) is 0.408. The number of allylic oxidation sites excluding steroid dienone is 1. The smallest absolute Gasteiger partial charge is 0.0590 e. The van der Waals surface area contributed by atoms with Crippen LogP contribution in [-0.4, -0.2) is 17.0 Å². The zero-order valence-corrected chi connectivity index (χ0v) is 11.7. The second-order valence-electron chi connectivity index (χ2n) is 5.19. The monoisotopic (exact) mass is 240 g/mol. The first-order valence-electron chi connectivity index (χ1n) is 6.19. The molecule has 1 N–H and O–H groups in total. The van der Waals surface area contributed by atoms with Crippen molar-refractivity contribution < 1.29 is 0 Å². The lowest BCUT2D eigenvalue weighted by molar-refractivity contribution is 0.622. The minimum absolute atomic E-state index is 0.255. The Hall–Kier alpha value is -0.280. The largest absolute Gasteiger partial charge is 0.264 e. The molecule has 1 aliphatic heterocycles. The lowest BCUT2D eigenvalue weighted by Crippen LogP contribution is -2.29. The summed E-state index contributed by atoms with van der Waals surface area (Å²) >= 11 is 1.81. The van der Waals surface area contributed by atoms with E-state index in [1.807, 2.05) is 18.2 Å². The summed E-state index contributed by atoms with van der Waals surface area (Å²) in [5.41, 5.74) is 1.23. The van der Waals surface area contributed by atoms with Gasteiger partial charge in [-0.3, -0.25) is 9.71 Å². The highest BCUT2D eigenvalue weighted by Crippen LogP contribution is 2.24. The quantitative estimate of drug-likeness (QED) is 0.736. The first-order chi connectivity index (χ1) is 7.53. The summed E-state index contributed by atoms with van der Waals surface area (Å²) in [5.74, 6) is 0. The van der Waals surface area contributed by atoms with Gasteiger partial charge in [0.2, 0.25) is 0 Å². The molecule has 0 amide bonds. The average Bonchev–Trinajstić information content (AvgIpc) is 2.24. The third kappa shape index (κ3) is 5.17. The fourth-order valence-electron chi connectivity index (χ4n) is 1.56. The predicted octanol–water partition coefficient (Wildman–Crippen LogP) is 3.94. The maximum absolute atomic E-state index is 4.51. The van der Waals surface area contributed by atoms with Crippen molar-refractivity contribution in [3.8, 4) is 0 Å². The Morgan fingerprint density at radius 1 is 1.44 bits per heavy atom. The highest BCUT2D eigenvalue weighted by molar-refractivity contribution is 7.98. The van der Waals surface area contributed by atoms with Gasteiger partial charge in [0, 0.05) is 11.0 Å². The third-order valence-electron chi connectivity index (χ3n) is 2.33. The lowest BCUT2D eigenvalue weighted by atomic mass is 10.1. The average molecular weight is 240 g/mol. The molecule has 1 heterocycles. The van der Waals surface area contributed by atoms with Crippen molar-refractivity contribution in [1.82, 2.24) is 4.72 Å². The SMILES string of the molecule is CCCC(NSC(C)(C)C)C1=CCCC=N1. The number of hydrogen-bond donors (Lipinski definition) is 1. The van der Waals surface area contributed by atoms with Crippen molar-refractivity contribution in [2.45, 2.75) is 64.2 Å². The van der Waals surface area contributed by atoms with E-state index in [4.69, 9.17) is 0 Å². The van der Waals surface area contributed by atoms with E-state index in [2.05, 4.69) is 43.5 Å². The Morgan fingerprint density at radius 3 is 2.69 bits per heavy atom. The molecule has 0 aromatic heterocycles. The zero-order chi connectivity index (χ0) is 12.0. The summed E-state index contributed by atoms with van der Waals surface area (Å²) in [5, 5.41) is 0. The van der Waals surface area contributed by atoms with Gasteiger partial charge >= 0.3 is 0 Å². The van der Waals surface area contributed by atoms with Gasteiger partial charge in [-0.25, -0.2) is 0 Å².